The van der Waals surface area contributed by atoms with Crippen LogP contribution in [0.2, 0.25) is 0 Å². The molecule has 160 valence electrons. The van der Waals surface area contributed by atoms with E-state index in [2.05, 4.69) is 46.7 Å². The molecule has 0 saturated heterocycles. The first-order chi connectivity index (χ1) is 13.2. The number of hydrogen-bond acceptors (Lipinski definition) is 7. The Hall–Kier alpha value is -2.63. The summed E-state index contributed by atoms with van der Waals surface area (Å²) < 4.78 is 71.3. The molecule has 0 saturated carbocycles. The van der Waals surface area contributed by atoms with Gasteiger partial charge in [-0.3, -0.25) is 0 Å². The van der Waals surface area contributed by atoms with Gasteiger partial charge in [0.15, 0.2) is 6.61 Å². The summed E-state index contributed by atoms with van der Waals surface area (Å²) in [4.78, 5) is 11.6. The highest BCUT2D eigenvalue weighted by Gasteiger charge is 2.29. The molecule has 1 aromatic carbocycles. The van der Waals surface area contributed by atoms with Crippen molar-refractivity contribution in [2.45, 2.75) is 38.1 Å². The van der Waals surface area contributed by atoms with Crippen LogP contribution in [-0.4, -0.2) is 38.8 Å². The molecule has 1 heterocycles. The monoisotopic (exact) mass is 441 g/mol. The lowest BCUT2D eigenvalue weighted by Crippen LogP contribution is -2.28. The molecule has 2 rings (SSSR count). The molecule has 0 aliphatic rings. The Morgan fingerprint density at radius 2 is 1.52 bits per heavy atom. The summed E-state index contributed by atoms with van der Waals surface area (Å²) in [5.41, 5.74) is -4.02. The van der Waals surface area contributed by atoms with Gasteiger partial charge in [-0.05, 0) is 45.0 Å². The molecule has 29 heavy (non-hydrogen) atoms. The highest BCUT2D eigenvalue weighted by Crippen LogP contribution is 2.27. The van der Waals surface area contributed by atoms with Crippen molar-refractivity contribution in [3.8, 4) is 11.8 Å². The number of halogens is 6. The van der Waals surface area contributed by atoms with Gasteiger partial charge >= 0.3 is 17.8 Å². The number of nitrogens with zero attached hydrogens (tertiary/aromatic N) is 3. The second kappa shape index (κ2) is 8.39. The van der Waals surface area contributed by atoms with Crippen molar-refractivity contribution in [1.82, 2.24) is 15.0 Å². The summed E-state index contributed by atoms with van der Waals surface area (Å²) in [5.74, 6) is -0.343. The quantitative estimate of drug-likeness (QED) is 0.465. The van der Waals surface area contributed by atoms with E-state index in [1.54, 1.807) is 20.8 Å². The van der Waals surface area contributed by atoms with Gasteiger partial charge in [0, 0.05) is 22.8 Å². The van der Waals surface area contributed by atoms with Crippen molar-refractivity contribution in [3.63, 3.8) is 0 Å². The molecule has 0 amide bonds. The number of anilines is 3. The van der Waals surface area contributed by atoms with E-state index >= 15 is 0 Å². The summed E-state index contributed by atoms with van der Waals surface area (Å²) in [6.45, 7) is 3.81. The molecule has 0 atom stereocenters. The third-order valence-corrected chi connectivity index (χ3v) is 2.89. The topological polar surface area (TPSA) is 81.2 Å². The fourth-order valence-electron chi connectivity index (χ4n) is 1.88. The van der Waals surface area contributed by atoms with E-state index in [0.29, 0.717) is 5.69 Å². The molecule has 0 fully saturated rings. The Kier molecular flexibility index (Phi) is 6.56. The van der Waals surface area contributed by atoms with Crippen LogP contribution in [0.25, 0.3) is 0 Å². The maximum absolute atomic E-state index is 12.6. The second-order valence-corrected chi connectivity index (χ2v) is 7.18. The molecule has 0 spiro atoms. The number of nitrogens with one attached hydrogen (secondary N) is 2. The van der Waals surface area contributed by atoms with Gasteiger partial charge in [-0.15, -0.1) is 8.78 Å². The van der Waals surface area contributed by atoms with E-state index in [-0.39, 0.29) is 17.6 Å². The lowest BCUT2D eigenvalue weighted by atomic mass is 10.1. The van der Waals surface area contributed by atoms with Gasteiger partial charge in [0.2, 0.25) is 11.9 Å². The van der Waals surface area contributed by atoms with Gasteiger partial charge in [-0.2, -0.15) is 28.1 Å². The number of aromatic nitrogens is 3. The first-order valence-electron chi connectivity index (χ1n) is 8.05. The van der Waals surface area contributed by atoms with Crippen molar-refractivity contribution < 1.29 is 31.4 Å². The maximum Gasteiger partial charge on any atom is 0.487 e. The Morgan fingerprint density at radius 3 is 2.03 bits per heavy atom. The maximum atomic E-state index is 12.6. The van der Waals surface area contributed by atoms with Crippen molar-refractivity contribution in [2.75, 3.05) is 17.2 Å². The molecule has 0 unspecified atom stereocenters. The van der Waals surface area contributed by atoms with Gasteiger partial charge < -0.3 is 20.1 Å². The van der Waals surface area contributed by atoms with Crippen LogP contribution < -0.4 is 20.1 Å². The minimum atomic E-state index is -4.57. The lowest BCUT2D eigenvalue weighted by Gasteiger charge is -2.21. The Labute approximate surface area is 167 Å². The molecular formula is C16H17ClF5N5O2. The van der Waals surface area contributed by atoms with Crippen LogP contribution in [0.15, 0.2) is 24.3 Å². The van der Waals surface area contributed by atoms with Crippen LogP contribution in [0.1, 0.15) is 20.8 Å². The molecule has 2 N–H and O–H groups in total. The van der Waals surface area contributed by atoms with Gasteiger partial charge in [-0.1, -0.05) is 0 Å². The highest BCUT2D eigenvalue weighted by molar-refractivity contribution is 6.20. The van der Waals surface area contributed by atoms with Crippen molar-refractivity contribution in [3.05, 3.63) is 24.3 Å². The van der Waals surface area contributed by atoms with E-state index in [9.17, 15) is 22.0 Å². The largest absolute Gasteiger partial charge is 0.487 e. The van der Waals surface area contributed by atoms with Crippen molar-refractivity contribution >= 4 is 29.2 Å². The summed E-state index contributed by atoms with van der Waals surface area (Å²) in [6, 6.07) is 4.57. The van der Waals surface area contributed by atoms with Gasteiger partial charge in [-0.25, -0.2) is 0 Å². The van der Waals surface area contributed by atoms with E-state index < -0.39 is 29.9 Å². The zero-order valence-corrected chi connectivity index (χ0v) is 16.2. The van der Waals surface area contributed by atoms with E-state index in [1.165, 1.54) is 24.3 Å². The Bertz CT molecular complexity index is 822. The molecule has 7 nitrogen and oxygen atoms in total. The first kappa shape index (κ1) is 22.7. The summed E-state index contributed by atoms with van der Waals surface area (Å²) >= 11 is 4.69. The van der Waals surface area contributed by atoms with Gasteiger partial charge in [0.1, 0.15) is 5.75 Å². The zero-order chi connectivity index (χ0) is 21.9. The van der Waals surface area contributed by atoms with Crippen LogP contribution in [0.3, 0.4) is 0 Å². The average molecular weight is 442 g/mol. The van der Waals surface area contributed by atoms with Gasteiger partial charge in [0.05, 0.1) is 0 Å². The van der Waals surface area contributed by atoms with Crippen LogP contribution >= 0.6 is 11.6 Å². The molecule has 1 aromatic heterocycles. The number of rotatable bonds is 7. The van der Waals surface area contributed by atoms with Crippen molar-refractivity contribution in [2.24, 2.45) is 0 Å². The molecule has 0 aliphatic carbocycles. The van der Waals surface area contributed by atoms with Crippen molar-refractivity contribution in [1.29, 1.82) is 0 Å². The Balaban J connectivity index is 2.22. The Morgan fingerprint density at radius 1 is 0.931 bits per heavy atom. The highest BCUT2D eigenvalue weighted by atomic mass is 35.5. The fraction of sp³-hybridized carbons (Fsp3) is 0.438. The smallest absolute Gasteiger partial charge is 0.454 e. The van der Waals surface area contributed by atoms with Crippen LogP contribution in [0.4, 0.5) is 39.5 Å². The standard InChI is InChI=1S/C16H17ClF5N5O2/c1-14(2,3)27-12-24-11(25-13(26-12)28-8-15(18,19)20)23-9-4-6-10(7-5-9)29-16(17,21)22/h4-7H,8H2,1-3H3,(H2,23,24,25,26,27). The summed E-state index contributed by atoms with van der Waals surface area (Å²) in [6.07, 6.45) is -4.57. The van der Waals surface area contributed by atoms with Crippen LogP contribution in [0, 0.1) is 0 Å². The molecule has 2 aromatic rings. The molecule has 0 bridgehead atoms. The predicted molar refractivity (Wildman–Crippen MR) is 95.9 cm³/mol. The molecular weight excluding hydrogens is 425 g/mol. The average Bonchev–Trinajstić information content (AvgIpc) is 2.51. The summed E-state index contributed by atoms with van der Waals surface area (Å²) in [7, 11) is 0. The molecule has 0 aliphatic heterocycles. The first-order valence-corrected chi connectivity index (χ1v) is 8.43. The van der Waals surface area contributed by atoms with Crippen LogP contribution in [-0.2, 0) is 0 Å². The normalized spacial score (nSPS) is 12.4. The second-order valence-electron chi connectivity index (χ2n) is 6.74. The predicted octanol–water partition coefficient (Wildman–Crippen LogP) is 4.93. The van der Waals surface area contributed by atoms with Crippen LogP contribution in [0.5, 0.6) is 11.8 Å². The summed E-state index contributed by atoms with van der Waals surface area (Å²) in [5, 5.41) is 5.62. The van der Waals surface area contributed by atoms with E-state index in [4.69, 9.17) is 0 Å². The molecule has 0 radical (unpaired) electrons. The fourth-order valence-corrected chi connectivity index (χ4v) is 1.97. The van der Waals surface area contributed by atoms with Gasteiger partial charge in [0.25, 0.3) is 0 Å². The number of hydrogen-bond donors (Lipinski definition) is 2. The zero-order valence-electron chi connectivity index (χ0n) is 15.4. The third kappa shape index (κ3) is 8.94. The number of benzene rings is 1. The SMILES string of the molecule is CC(C)(C)Nc1nc(Nc2ccc(OC(F)(F)Cl)cc2)nc(OCC(F)(F)F)n1. The van der Waals surface area contributed by atoms with E-state index in [0.717, 1.165) is 0 Å². The third-order valence-electron chi connectivity index (χ3n) is 2.81. The molecule has 13 heteroatoms. The number of alkyl halides is 6. The lowest BCUT2D eigenvalue weighted by molar-refractivity contribution is -0.154. The number of ether oxygens (including phenoxy) is 2. The van der Waals surface area contributed by atoms with E-state index in [1.807, 2.05) is 0 Å². The minimum Gasteiger partial charge on any atom is -0.454 e. The minimum absolute atomic E-state index is 0.0195.